The fraction of sp³-hybridized carbons (Fsp3) is 0.595. The number of ether oxygens (including phenoxy) is 2. The van der Waals surface area contributed by atoms with E-state index in [-0.39, 0.29) is 29.9 Å². The lowest BCUT2D eigenvalue weighted by Gasteiger charge is -2.36. The summed E-state index contributed by atoms with van der Waals surface area (Å²) in [6.07, 6.45) is 12.2. The Morgan fingerprint density at radius 2 is 1.73 bits per heavy atom. The number of hydrogen-bond acceptors (Lipinski definition) is 8. The van der Waals surface area contributed by atoms with Crippen molar-refractivity contribution in [2.24, 2.45) is 17.8 Å². The SMILES string of the molecule is COc1ccc(C2CCC(CN(C(=O)C3CCC(COC(=O)N4CC(O)C4)CC3)c3cc(-c4cnn(C(C)C)c4)ccn3)CC2)nc1C. The molecule has 1 saturated heterocycles. The molecule has 1 aliphatic heterocycles. The zero-order valence-electron chi connectivity index (χ0n) is 28.8. The van der Waals surface area contributed by atoms with Crippen LogP contribution in [0.15, 0.2) is 42.9 Å². The van der Waals surface area contributed by atoms with Gasteiger partial charge in [0.25, 0.3) is 0 Å². The van der Waals surface area contributed by atoms with Gasteiger partial charge in [-0.3, -0.25) is 19.4 Å². The van der Waals surface area contributed by atoms with Crippen molar-refractivity contribution in [3.63, 3.8) is 0 Å². The van der Waals surface area contributed by atoms with Crippen LogP contribution in [-0.2, 0) is 9.53 Å². The molecule has 0 radical (unpaired) electrons. The van der Waals surface area contributed by atoms with Crippen LogP contribution >= 0.6 is 0 Å². The lowest BCUT2D eigenvalue weighted by molar-refractivity contribution is -0.124. The summed E-state index contributed by atoms with van der Waals surface area (Å²) in [6, 6.07) is 8.39. The predicted octanol–water partition coefficient (Wildman–Crippen LogP) is 6.16. The zero-order chi connectivity index (χ0) is 33.8. The number of carbonyl (C=O) groups is 2. The molecule has 2 saturated carbocycles. The van der Waals surface area contributed by atoms with Crippen molar-refractivity contribution in [1.29, 1.82) is 0 Å². The van der Waals surface area contributed by atoms with E-state index < -0.39 is 6.10 Å². The lowest BCUT2D eigenvalue weighted by atomic mass is 9.79. The van der Waals surface area contributed by atoms with E-state index in [1.165, 1.54) is 4.90 Å². The van der Waals surface area contributed by atoms with E-state index in [0.717, 1.165) is 79.6 Å². The first-order chi connectivity index (χ1) is 23.2. The van der Waals surface area contributed by atoms with E-state index in [2.05, 4.69) is 25.0 Å². The molecular formula is C37H50N6O5. The minimum atomic E-state index is -0.445. The van der Waals surface area contributed by atoms with Gasteiger partial charge in [-0.05, 0) is 114 Å². The van der Waals surface area contributed by atoms with E-state index in [9.17, 15) is 14.7 Å². The van der Waals surface area contributed by atoms with Gasteiger partial charge in [-0.1, -0.05) is 0 Å². The first-order valence-corrected chi connectivity index (χ1v) is 17.6. The average Bonchev–Trinajstić information content (AvgIpc) is 3.60. The zero-order valence-corrected chi connectivity index (χ0v) is 28.8. The molecule has 4 heterocycles. The third-order valence-electron chi connectivity index (χ3n) is 10.5. The summed E-state index contributed by atoms with van der Waals surface area (Å²) in [4.78, 5) is 39.7. The molecule has 11 heteroatoms. The van der Waals surface area contributed by atoms with Crippen molar-refractivity contribution in [3.8, 4) is 16.9 Å². The maximum atomic E-state index is 14.4. The topological polar surface area (TPSA) is 123 Å². The molecular weight excluding hydrogens is 608 g/mol. The summed E-state index contributed by atoms with van der Waals surface area (Å²) in [5.41, 5.74) is 4.04. The van der Waals surface area contributed by atoms with E-state index in [4.69, 9.17) is 19.4 Å². The summed E-state index contributed by atoms with van der Waals surface area (Å²) < 4.78 is 12.9. The molecule has 2 amide bonds. The second-order valence-corrected chi connectivity index (χ2v) is 14.2. The van der Waals surface area contributed by atoms with Crippen molar-refractivity contribution < 1.29 is 24.2 Å². The van der Waals surface area contributed by atoms with Gasteiger partial charge >= 0.3 is 6.09 Å². The Balaban J connectivity index is 1.13. The second-order valence-electron chi connectivity index (χ2n) is 14.2. The van der Waals surface area contributed by atoms with Gasteiger partial charge in [0, 0.05) is 48.1 Å². The smallest absolute Gasteiger partial charge is 0.409 e. The number of amides is 2. The van der Waals surface area contributed by atoms with Gasteiger partial charge < -0.3 is 19.5 Å². The van der Waals surface area contributed by atoms with Crippen molar-refractivity contribution >= 4 is 17.8 Å². The number of nitrogens with zero attached hydrogens (tertiary/aromatic N) is 6. The highest BCUT2D eigenvalue weighted by Crippen LogP contribution is 2.38. The summed E-state index contributed by atoms with van der Waals surface area (Å²) in [7, 11) is 1.68. The van der Waals surface area contributed by atoms with Crippen molar-refractivity contribution in [2.75, 3.05) is 38.3 Å². The highest BCUT2D eigenvalue weighted by molar-refractivity contribution is 5.94. The van der Waals surface area contributed by atoms with Crippen LogP contribution in [0, 0.1) is 24.7 Å². The van der Waals surface area contributed by atoms with E-state index in [1.54, 1.807) is 13.3 Å². The second kappa shape index (κ2) is 15.1. The molecule has 0 bridgehead atoms. The monoisotopic (exact) mass is 658 g/mol. The molecule has 11 nitrogen and oxygen atoms in total. The highest BCUT2D eigenvalue weighted by Gasteiger charge is 2.35. The number of rotatable bonds is 10. The van der Waals surface area contributed by atoms with Crippen molar-refractivity contribution in [3.05, 3.63) is 54.2 Å². The quantitative estimate of drug-likeness (QED) is 0.275. The molecule has 6 rings (SSSR count). The Labute approximate surface area is 283 Å². The van der Waals surface area contributed by atoms with Crippen LogP contribution < -0.4 is 9.64 Å². The van der Waals surface area contributed by atoms with Gasteiger partial charge in [-0.25, -0.2) is 9.78 Å². The number of hydrogen-bond donors (Lipinski definition) is 1. The molecule has 0 spiro atoms. The maximum absolute atomic E-state index is 14.4. The van der Waals surface area contributed by atoms with Gasteiger partial charge in [-0.15, -0.1) is 0 Å². The Bertz CT molecular complexity index is 1550. The lowest BCUT2D eigenvalue weighted by Crippen LogP contribution is -2.53. The van der Waals surface area contributed by atoms with Gasteiger partial charge in [0.2, 0.25) is 5.91 Å². The van der Waals surface area contributed by atoms with Crippen LogP contribution in [0.2, 0.25) is 0 Å². The number of aliphatic hydroxyl groups is 1. The third kappa shape index (κ3) is 7.83. The number of carbonyl (C=O) groups excluding carboxylic acids is 2. The highest BCUT2D eigenvalue weighted by atomic mass is 16.6. The number of aromatic nitrogens is 4. The normalized spacial score (nSPS) is 23.1. The standard InChI is InChI=1S/C37H50N6O5/c1-24(2)43-20-31(18-39-43)30-15-16-38-35(17-30)42(19-26-5-9-28(10-6-26)33-13-14-34(47-4)25(3)40-33)36(45)29-11-7-27(8-12-29)23-48-37(46)41-21-32(44)22-41/h13-18,20,24,26-29,32,44H,5-12,19,21-23H2,1-4H3. The first-order valence-electron chi connectivity index (χ1n) is 17.6. The molecule has 3 fully saturated rings. The Morgan fingerprint density at radius 1 is 1.00 bits per heavy atom. The van der Waals surface area contributed by atoms with Crippen LogP contribution in [0.3, 0.4) is 0 Å². The molecule has 3 aromatic heterocycles. The molecule has 0 atom stereocenters. The number of methoxy groups -OCH3 is 1. The van der Waals surface area contributed by atoms with Gasteiger partial charge in [0.1, 0.15) is 11.6 Å². The summed E-state index contributed by atoms with van der Waals surface area (Å²) in [5.74, 6) is 2.56. The summed E-state index contributed by atoms with van der Waals surface area (Å²) >= 11 is 0. The van der Waals surface area contributed by atoms with Crippen LogP contribution in [0.1, 0.15) is 88.6 Å². The maximum Gasteiger partial charge on any atom is 0.409 e. The van der Waals surface area contributed by atoms with Gasteiger partial charge in [-0.2, -0.15) is 5.10 Å². The minimum Gasteiger partial charge on any atom is -0.495 e. The number of likely N-dealkylation sites (tertiary alicyclic amines) is 1. The number of aryl methyl sites for hydroxylation is 1. The molecule has 0 aromatic carbocycles. The first kappa shape index (κ1) is 33.9. The van der Waals surface area contributed by atoms with Crippen molar-refractivity contribution in [1.82, 2.24) is 24.6 Å². The fourth-order valence-electron chi connectivity index (χ4n) is 7.40. The average molecular weight is 659 g/mol. The molecule has 258 valence electrons. The predicted molar refractivity (Wildman–Crippen MR) is 183 cm³/mol. The van der Waals surface area contributed by atoms with Crippen LogP contribution in [0.4, 0.5) is 10.6 Å². The molecule has 2 aliphatic carbocycles. The van der Waals surface area contributed by atoms with Gasteiger partial charge in [0.05, 0.1) is 44.8 Å². The van der Waals surface area contributed by atoms with E-state index in [1.807, 2.05) is 47.1 Å². The van der Waals surface area contributed by atoms with Gasteiger partial charge in [0.15, 0.2) is 0 Å². The molecule has 48 heavy (non-hydrogen) atoms. The summed E-state index contributed by atoms with van der Waals surface area (Å²) in [6.45, 7) is 7.87. The van der Waals surface area contributed by atoms with Crippen LogP contribution in [0.5, 0.6) is 5.75 Å². The number of aliphatic hydroxyl groups excluding tert-OH is 1. The van der Waals surface area contributed by atoms with Crippen LogP contribution in [0.25, 0.3) is 11.1 Å². The Kier molecular flexibility index (Phi) is 10.6. The molecule has 3 aliphatic rings. The van der Waals surface area contributed by atoms with E-state index in [0.29, 0.717) is 43.9 Å². The Hall–Kier alpha value is -3.99. The van der Waals surface area contributed by atoms with Crippen molar-refractivity contribution in [2.45, 2.75) is 90.2 Å². The third-order valence-corrected chi connectivity index (χ3v) is 10.5. The number of β-amino-alcohol motifs (C(OH)–C–C–N with tert-alkyl or cyclic N) is 1. The molecule has 0 unspecified atom stereocenters. The fourth-order valence-corrected chi connectivity index (χ4v) is 7.40. The molecule has 1 N–H and O–H groups in total. The number of anilines is 1. The Morgan fingerprint density at radius 3 is 2.38 bits per heavy atom. The number of pyridine rings is 2. The van der Waals surface area contributed by atoms with Crippen LogP contribution in [-0.4, -0.2) is 81.2 Å². The molecule has 3 aromatic rings. The minimum absolute atomic E-state index is 0.0977. The largest absolute Gasteiger partial charge is 0.495 e. The summed E-state index contributed by atoms with van der Waals surface area (Å²) in [5, 5.41) is 14.0. The van der Waals surface area contributed by atoms with E-state index >= 15 is 0 Å².